The highest BCUT2D eigenvalue weighted by Gasteiger charge is 2.17. The summed E-state index contributed by atoms with van der Waals surface area (Å²) in [6.45, 7) is 6.32. The first-order valence-electron chi connectivity index (χ1n) is 7.16. The van der Waals surface area contributed by atoms with Crippen molar-refractivity contribution in [2.45, 2.75) is 26.3 Å². The maximum Gasteiger partial charge on any atom is 0.148 e. The number of rotatable bonds is 7. The van der Waals surface area contributed by atoms with Crippen LogP contribution in [-0.4, -0.2) is 30.0 Å². The molecule has 0 saturated heterocycles. The zero-order valence-corrected chi connectivity index (χ0v) is 12.8. The molecule has 0 atom stereocenters. The molecule has 0 radical (unpaired) electrons. The molecule has 114 valence electrons. The molecule has 2 aromatic rings. The Balaban J connectivity index is 2.27. The Hall–Kier alpha value is -1.72. The van der Waals surface area contributed by atoms with E-state index in [1.165, 1.54) is 6.07 Å². The SMILES string of the molecule is COCCNCc1cnn(-c2ccccc2F)c1C(C)C. The van der Waals surface area contributed by atoms with E-state index in [9.17, 15) is 4.39 Å². The molecule has 0 bridgehead atoms. The zero-order valence-electron chi connectivity index (χ0n) is 12.8. The molecule has 0 unspecified atom stereocenters. The summed E-state index contributed by atoms with van der Waals surface area (Å²) in [5.41, 5.74) is 2.61. The normalized spacial score (nSPS) is 11.3. The molecular weight excluding hydrogens is 269 g/mol. The van der Waals surface area contributed by atoms with Crippen molar-refractivity contribution in [2.75, 3.05) is 20.3 Å². The second kappa shape index (κ2) is 7.33. The first-order valence-corrected chi connectivity index (χ1v) is 7.16. The van der Waals surface area contributed by atoms with Crippen LogP contribution < -0.4 is 5.32 Å². The molecular formula is C16H22FN3O. The highest BCUT2D eigenvalue weighted by Crippen LogP contribution is 2.24. The molecule has 4 nitrogen and oxygen atoms in total. The number of methoxy groups -OCH3 is 1. The van der Waals surface area contributed by atoms with E-state index >= 15 is 0 Å². The molecule has 5 heteroatoms. The molecule has 0 amide bonds. The lowest BCUT2D eigenvalue weighted by molar-refractivity contribution is 0.199. The van der Waals surface area contributed by atoms with Gasteiger partial charge in [0.1, 0.15) is 11.5 Å². The summed E-state index contributed by atoms with van der Waals surface area (Å²) >= 11 is 0. The van der Waals surface area contributed by atoms with E-state index in [1.807, 2.05) is 12.3 Å². The molecule has 1 aromatic carbocycles. The van der Waals surface area contributed by atoms with E-state index in [1.54, 1.807) is 23.9 Å². The Bertz CT molecular complexity index is 581. The van der Waals surface area contributed by atoms with Crippen LogP contribution in [0, 0.1) is 5.82 Å². The zero-order chi connectivity index (χ0) is 15.2. The Labute approximate surface area is 124 Å². The van der Waals surface area contributed by atoms with Crippen molar-refractivity contribution in [3.8, 4) is 5.69 Å². The third-order valence-corrected chi connectivity index (χ3v) is 3.31. The van der Waals surface area contributed by atoms with Crippen LogP contribution in [0.1, 0.15) is 31.0 Å². The summed E-state index contributed by atoms with van der Waals surface area (Å²) in [7, 11) is 1.68. The summed E-state index contributed by atoms with van der Waals surface area (Å²) in [5, 5.41) is 7.68. The number of nitrogens with zero attached hydrogens (tertiary/aromatic N) is 2. The van der Waals surface area contributed by atoms with Gasteiger partial charge in [0.2, 0.25) is 0 Å². The van der Waals surface area contributed by atoms with E-state index in [4.69, 9.17) is 4.74 Å². The largest absolute Gasteiger partial charge is 0.383 e. The van der Waals surface area contributed by atoms with Gasteiger partial charge in [-0.2, -0.15) is 5.10 Å². The molecule has 0 aliphatic rings. The molecule has 0 aliphatic carbocycles. The lowest BCUT2D eigenvalue weighted by Crippen LogP contribution is -2.19. The molecule has 0 aliphatic heterocycles. The van der Waals surface area contributed by atoms with Crippen LogP contribution >= 0.6 is 0 Å². The fourth-order valence-corrected chi connectivity index (χ4v) is 2.36. The van der Waals surface area contributed by atoms with Crippen LogP contribution in [0.25, 0.3) is 5.69 Å². The predicted octanol–water partition coefficient (Wildman–Crippen LogP) is 2.87. The molecule has 0 saturated carbocycles. The number of nitrogens with one attached hydrogen (secondary N) is 1. The van der Waals surface area contributed by atoms with Crippen molar-refractivity contribution in [1.82, 2.24) is 15.1 Å². The smallest absolute Gasteiger partial charge is 0.148 e. The van der Waals surface area contributed by atoms with Gasteiger partial charge in [0.05, 0.1) is 18.5 Å². The minimum absolute atomic E-state index is 0.256. The van der Waals surface area contributed by atoms with E-state index in [0.29, 0.717) is 18.8 Å². The Morgan fingerprint density at radius 2 is 2.10 bits per heavy atom. The summed E-state index contributed by atoms with van der Waals surface area (Å²) in [5.74, 6) is -0.00674. The second-order valence-corrected chi connectivity index (χ2v) is 5.24. The van der Waals surface area contributed by atoms with E-state index in [0.717, 1.165) is 17.8 Å². The maximum atomic E-state index is 14.0. The summed E-state index contributed by atoms with van der Waals surface area (Å²) in [4.78, 5) is 0. The first-order chi connectivity index (χ1) is 10.1. The Kier molecular flexibility index (Phi) is 5.47. The topological polar surface area (TPSA) is 39.1 Å². The lowest BCUT2D eigenvalue weighted by Gasteiger charge is -2.13. The number of para-hydroxylation sites is 1. The van der Waals surface area contributed by atoms with Gasteiger partial charge in [-0.3, -0.25) is 0 Å². The van der Waals surface area contributed by atoms with Crippen molar-refractivity contribution in [2.24, 2.45) is 0 Å². The van der Waals surface area contributed by atoms with Gasteiger partial charge in [-0.25, -0.2) is 9.07 Å². The third-order valence-electron chi connectivity index (χ3n) is 3.31. The molecule has 1 aromatic heterocycles. The molecule has 21 heavy (non-hydrogen) atoms. The van der Waals surface area contributed by atoms with Crippen LogP contribution in [0.3, 0.4) is 0 Å². The number of aromatic nitrogens is 2. The second-order valence-electron chi connectivity index (χ2n) is 5.24. The van der Waals surface area contributed by atoms with Gasteiger partial charge in [0.15, 0.2) is 0 Å². The highest BCUT2D eigenvalue weighted by atomic mass is 19.1. The standard InChI is InChI=1S/C16H22FN3O/c1-12(2)16-13(10-18-8-9-21-3)11-19-20(16)15-7-5-4-6-14(15)17/h4-7,11-12,18H,8-10H2,1-3H3. The molecule has 0 spiro atoms. The average Bonchev–Trinajstić information content (AvgIpc) is 2.88. The lowest BCUT2D eigenvalue weighted by atomic mass is 10.1. The number of ether oxygens (including phenoxy) is 1. The third kappa shape index (κ3) is 3.68. The Morgan fingerprint density at radius 1 is 1.33 bits per heavy atom. The van der Waals surface area contributed by atoms with Crippen molar-refractivity contribution in [3.05, 3.63) is 47.5 Å². The van der Waals surface area contributed by atoms with Crippen molar-refractivity contribution >= 4 is 0 Å². The van der Waals surface area contributed by atoms with Crippen LogP contribution in [0.2, 0.25) is 0 Å². The molecule has 2 rings (SSSR count). The summed E-state index contributed by atoms with van der Waals surface area (Å²) < 4.78 is 20.7. The minimum Gasteiger partial charge on any atom is -0.383 e. The van der Waals surface area contributed by atoms with Gasteiger partial charge < -0.3 is 10.1 Å². The average molecular weight is 291 g/mol. The monoisotopic (exact) mass is 291 g/mol. The number of hydrogen-bond acceptors (Lipinski definition) is 3. The number of hydrogen-bond donors (Lipinski definition) is 1. The van der Waals surface area contributed by atoms with Crippen LogP contribution in [0.5, 0.6) is 0 Å². The van der Waals surface area contributed by atoms with Crippen LogP contribution in [0.4, 0.5) is 4.39 Å². The van der Waals surface area contributed by atoms with Gasteiger partial charge in [-0.1, -0.05) is 26.0 Å². The molecule has 0 fully saturated rings. The summed E-state index contributed by atoms with van der Waals surface area (Å²) in [6, 6.07) is 6.71. The quantitative estimate of drug-likeness (QED) is 0.797. The number of benzene rings is 1. The van der Waals surface area contributed by atoms with E-state index in [-0.39, 0.29) is 11.7 Å². The summed E-state index contributed by atoms with van der Waals surface area (Å²) in [6.07, 6.45) is 1.81. The minimum atomic E-state index is -0.263. The fourth-order valence-electron chi connectivity index (χ4n) is 2.36. The van der Waals surface area contributed by atoms with Gasteiger partial charge in [-0.05, 0) is 18.1 Å². The number of halogens is 1. The maximum absolute atomic E-state index is 14.0. The highest BCUT2D eigenvalue weighted by molar-refractivity contribution is 5.37. The van der Waals surface area contributed by atoms with Gasteiger partial charge in [0.25, 0.3) is 0 Å². The molecule has 1 N–H and O–H groups in total. The van der Waals surface area contributed by atoms with Gasteiger partial charge in [0, 0.05) is 25.8 Å². The van der Waals surface area contributed by atoms with Crippen LogP contribution in [0.15, 0.2) is 30.5 Å². The Morgan fingerprint density at radius 3 is 2.76 bits per heavy atom. The first kappa shape index (κ1) is 15.7. The fraction of sp³-hybridized carbons (Fsp3) is 0.438. The van der Waals surface area contributed by atoms with Gasteiger partial charge in [-0.15, -0.1) is 0 Å². The van der Waals surface area contributed by atoms with E-state index in [2.05, 4.69) is 24.3 Å². The van der Waals surface area contributed by atoms with Gasteiger partial charge >= 0.3 is 0 Å². The van der Waals surface area contributed by atoms with Crippen molar-refractivity contribution < 1.29 is 9.13 Å². The molecule has 1 heterocycles. The van der Waals surface area contributed by atoms with Crippen LogP contribution in [-0.2, 0) is 11.3 Å². The van der Waals surface area contributed by atoms with Crippen molar-refractivity contribution in [1.29, 1.82) is 0 Å². The van der Waals surface area contributed by atoms with Crippen molar-refractivity contribution in [3.63, 3.8) is 0 Å². The predicted molar refractivity (Wildman–Crippen MR) is 81.2 cm³/mol. The van der Waals surface area contributed by atoms with E-state index < -0.39 is 0 Å².